The van der Waals surface area contributed by atoms with Gasteiger partial charge in [0.2, 0.25) is 0 Å². The fraction of sp³-hybridized carbons (Fsp3) is 0.409. The Labute approximate surface area is 189 Å². The molecule has 170 valence electrons. The summed E-state index contributed by atoms with van der Waals surface area (Å²) in [4.78, 5) is 26.3. The number of nitrogens with one attached hydrogen (secondary N) is 1. The molecule has 2 N–H and O–H groups in total. The molecule has 0 spiro atoms. The van der Waals surface area contributed by atoms with Crippen molar-refractivity contribution in [2.24, 2.45) is 0 Å². The molecule has 0 atom stereocenters. The lowest BCUT2D eigenvalue weighted by Crippen LogP contribution is -2.38. The number of anilines is 1. The van der Waals surface area contributed by atoms with Crippen LogP contribution in [0.15, 0.2) is 23.0 Å². The summed E-state index contributed by atoms with van der Waals surface area (Å²) in [5, 5.41) is 21.5. The second-order valence-corrected chi connectivity index (χ2v) is 8.21. The molecule has 3 rings (SSSR count). The molecule has 2 aromatic rings. The van der Waals surface area contributed by atoms with Gasteiger partial charge in [0.25, 0.3) is 5.56 Å². The lowest BCUT2D eigenvalue weighted by Gasteiger charge is -2.26. The van der Waals surface area contributed by atoms with Crippen molar-refractivity contribution in [2.75, 3.05) is 44.8 Å². The van der Waals surface area contributed by atoms with Gasteiger partial charge in [-0.3, -0.25) is 14.3 Å². The smallest absolute Gasteiger partial charge is 0.349 e. The average Bonchev–Trinajstić information content (AvgIpc) is 3.10. The van der Waals surface area contributed by atoms with Gasteiger partial charge in [-0.05, 0) is 25.5 Å². The minimum atomic E-state index is -1.35. The molecule has 1 aromatic carbocycles. The second-order valence-electron chi connectivity index (χ2n) is 7.18. The number of benzene rings is 1. The van der Waals surface area contributed by atoms with Crippen molar-refractivity contribution in [3.8, 4) is 11.8 Å². The van der Waals surface area contributed by atoms with E-state index in [1.165, 1.54) is 10.8 Å². The zero-order valence-corrected chi connectivity index (χ0v) is 18.9. The molecule has 0 aliphatic carbocycles. The molecule has 0 saturated carbocycles. The van der Waals surface area contributed by atoms with Crippen molar-refractivity contribution in [3.63, 3.8) is 0 Å². The van der Waals surface area contributed by atoms with Crippen LogP contribution in [0.5, 0.6) is 5.75 Å². The van der Waals surface area contributed by atoms with Crippen LogP contribution in [0.25, 0.3) is 11.8 Å². The zero-order valence-electron chi connectivity index (χ0n) is 18.1. The minimum absolute atomic E-state index is 0.136. The number of nitrogens with zero attached hydrogens (tertiary/aromatic N) is 3. The number of carboxylic acid groups (broad SMARTS) is 1. The van der Waals surface area contributed by atoms with Crippen LogP contribution in [-0.2, 0) is 16.1 Å². The number of aliphatic carboxylic acids is 1. The van der Waals surface area contributed by atoms with Gasteiger partial charge in [-0.1, -0.05) is 6.07 Å². The number of hydrogen-bond acceptors (Lipinski definition) is 8. The SMILES string of the molecule is CCn1c(=C(C#N)C(=O)O)sc(=CNc2ccc(C)c(OCCN3CCOCC3)c2)c1=O. The fourth-order valence-electron chi connectivity index (χ4n) is 3.28. The van der Waals surface area contributed by atoms with Crippen LogP contribution in [0.3, 0.4) is 0 Å². The molecule has 1 saturated heterocycles. The van der Waals surface area contributed by atoms with Crippen LogP contribution >= 0.6 is 11.3 Å². The Kier molecular flexibility index (Phi) is 8.05. The molecule has 1 aliphatic heterocycles. The maximum atomic E-state index is 12.6. The third kappa shape index (κ3) is 5.56. The van der Waals surface area contributed by atoms with E-state index in [1.807, 2.05) is 25.1 Å². The number of ether oxygens (including phenoxy) is 2. The maximum Gasteiger partial charge on any atom is 0.349 e. The summed E-state index contributed by atoms with van der Waals surface area (Å²) < 4.78 is 13.1. The maximum absolute atomic E-state index is 12.6. The highest BCUT2D eigenvalue weighted by atomic mass is 32.1. The summed E-state index contributed by atoms with van der Waals surface area (Å²) in [6.45, 7) is 8.65. The van der Waals surface area contributed by atoms with Gasteiger partial charge in [0, 0.05) is 44.1 Å². The number of aromatic nitrogens is 1. The van der Waals surface area contributed by atoms with E-state index in [0.29, 0.717) is 11.1 Å². The summed E-state index contributed by atoms with van der Waals surface area (Å²) in [6, 6.07) is 7.33. The van der Waals surface area contributed by atoms with Gasteiger partial charge in [-0.15, -0.1) is 11.3 Å². The molecular formula is C22H26N4O5S. The molecule has 0 bridgehead atoms. The predicted octanol–water partition coefficient (Wildman–Crippen LogP) is 0.558. The molecule has 1 aromatic heterocycles. The molecule has 2 heterocycles. The van der Waals surface area contributed by atoms with Gasteiger partial charge in [-0.2, -0.15) is 5.26 Å². The number of carboxylic acids is 1. The molecule has 9 nitrogen and oxygen atoms in total. The van der Waals surface area contributed by atoms with E-state index in [0.717, 1.165) is 61.2 Å². The Bertz CT molecular complexity index is 1190. The van der Waals surface area contributed by atoms with Crippen molar-refractivity contribution < 1.29 is 19.4 Å². The van der Waals surface area contributed by atoms with Gasteiger partial charge in [0.15, 0.2) is 5.57 Å². The van der Waals surface area contributed by atoms with Gasteiger partial charge in [0.05, 0.1) is 13.2 Å². The largest absolute Gasteiger partial charge is 0.492 e. The van der Waals surface area contributed by atoms with E-state index in [9.17, 15) is 14.7 Å². The Morgan fingerprint density at radius 3 is 2.81 bits per heavy atom. The third-order valence-electron chi connectivity index (χ3n) is 5.09. The van der Waals surface area contributed by atoms with E-state index in [1.54, 1.807) is 13.0 Å². The van der Waals surface area contributed by atoms with E-state index < -0.39 is 11.5 Å². The lowest BCUT2D eigenvalue weighted by molar-refractivity contribution is -0.130. The number of morpholine rings is 1. The Hall–Kier alpha value is -3.13. The monoisotopic (exact) mass is 458 g/mol. The number of aryl methyl sites for hydroxylation is 1. The van der Waals surface area contributed by atoms with Crippen LogP contribution < -0.4 is 24.8 Å². The van der Waals surface area contributed by atoms with Crippen LogP contribution in [0.2, 0.25) is 0 Å². The van der Waals surface area contributed by atoms with Crippen LogP contribution in [-0.4, -0.2) is 60.0 Å². The fourth-order valence-corrected chi connectivity index (χ4v) is 4.36. The molecule has 32 heavy (non-hydrogen) atoms. The zero-order chi connectivity index (χ0) is 23.1. The highest BCUT2D eigenvalue weighted by Crippen LogP contribution is 2.22. The van der Waals surface area contributed by atoms with Gasteiger partial charge in [0.1, 0.15) is 27.6 Å². The molecule has 0 unspecified atom stereocenters. The predicted molar refractivity (Wildman–Crippen MR) is 122 cm³/mol. The van der Waals surface area contributed by atoms with Crippen LogP contribution in [0.4, 0.5) is 5.69 Å². The first kappa shape index (κ1) is 23.5. The lowest BCUT2D eigenvalue weighted by atomic mass is 10.2. The molecule has 1 fully saturated rings. The van der Waals surface area contributed by atoms with E-state index in [4.69, 9.17) is 14.7 Å². The standard InChI is InChI=1S/C22H26N4O5S/c1-3-26-20(27)19(32-21(26)17(13-23)22(28)29)14-24-16-5-4-15(2)18(12-16)31-11-8-25-6-9-30-10-7-25/h4-5,12,14,24H,3,6-11H2,1-2H3,(H,28,29). The Balaban J connectivity index is 1.79. The number of hydrogen-bond donors (Lipinski definition) is 2. The summed E-state index contributed by atoms with van der Waals surface area (Å²) in [5.74, 6) is -0.603. The van der Waals surface area contributed by atoms with Crippen molar-refractivity contribution in [1.82, 2.24) is 9.47 Å². The Morgan fingerprint density at radius 1 is 1.41 bits per heavy atom. The van der Waals surface area contributed by atoms with E-state index in [-0.39, 0.29) is 16.8 Å². The van der Waals surface area contributed by atoms with Crippen LogP contribution in [0.1, 0.15) is 12.5 Å². The molecule has 10 heteroatoms. The highest BCUT2D eigenvalue weighted by molar-refractivity contribution is 7.07. The normalized spacial score (nSPS) is 15.8. The van der Waals surface area contributed by atoms with E-state index >= 15 is 0 Å². The third-order valence-corrected chi connectivity index (χ3v) is 6.22. The molecule has 0 radical (unpaired) electrons. The highest BCUT2D eigenvalue weighted by Gasteiger charge is 2.14. The van der Waals surface area contributed by atoms with Gasteiger partial charge < -0.3 is 19.9 Å². The van der Waals surface area contributed by atoms with Crippen molar-refractivity contribution in [1.29, 1.82) is 5.26 Å². The first-order valence-electron chi connectivity index (χ1n) is 10.3. The average molecular weight is 459 g/mol. The first-order valence-corrected chi connectivity index (χ1v) is 11.1. The number of thiazole rings is 1. The minimum Gasteiger partial charge on any atom is -0.492 e. The van der Waals surface area contributed by atoms with Crippen LogP contribution in [0, 0.1) is 18.3 Å². The summed E-state index contributed by atoms with van der Waals surface area (Å²) in [6.07, 6.45) is 1.53. The van der Waals surface area contributed by atoms with E-state index in [2.05, 4.69) is 10.2 Å². The summed E-state index contributed by atoms with van der Waals surface area (Å²) in [7, 11) is 0. The first-order chi connectivity index (χ1) is 15.4. The van der Waals surface area contributed by atoms with Gasteiger partial charge in [-0.25, -0.2) is 4.79 Å². The molecule has 0 amide bonds. The summed E-state index contributed by atoms with van der Waals surface area (Å²) >= 11 is 0.973. The molecule has 1 aliphatic rings. The topological polar surface area (TPSA) is 117 Å². The van der Waals surface area contributed by atoms with Gasteiger partial charge >= 0.3 is 5.97 Å². The van der Waals surface area contributed by atoms with Crippen molar-refractivity contribution >= 4 is 34.8 Å². The Morgan fingerprint density at radius 2 is 2.16 bits per heavy atom. The summed E-state index contributed by atoms with van der Waals surface area (Å²) in [5.41, 5.74) is 0.944. The van der Waals surface area contributed by atoms with Crippen molar-refractivity contribution in [3.05, 3.63) is 43.3 Å². The number of carbonyl (C=O) groups is 1. The quantitative estimate of drug-likeness (QED) is 0.589. The second kappa shape index (κ2) is 10.9. The van der Waals surface area contributed by atoms with Crippen molar-refractivity contribution in [2.45, 2.75) is 20.4 Å². The number of rotatable bonds is 8. The molecular weight excluding hydrogens is 432 g/mol. The number of nitriles is 1.